The van der Waals surface area contributed by atoms with E-state index in [0.717, 1.165) is 31.4 Å². The predicted molar refractivity (Wildman–Crippen MR) is 127 cm³/mol. The van der Waals surface area contributed by atoms with Gasteiger partial charge in [0, 0.05) is 23.9 Å². The molecule has 1 aromatic heterocycles. The van der Waals surface area contributed by atoms with E-state index < -0.39 is 23.5 Å². The number of fused-ring (bicyclic) bond motifs is 1. The molecule has 0 radical (unpaired) electrons. The summed E-state index contributed by atoms with van der Waals surface area (Å²) in [6, 6.07) is 15.3. The Morgan fingerprint density at radius 1 is 1.12 bits per heavy atom. The van der Waals surface area contributed by atoms with Crippen LogP contribution in [0.5, 0.6) is 5.75 Å². The fourth-order valence-corrected chi connectivity index (χ4v) is 4.59. The minimum Gasteiger partial charge on any atom is -0.868 e. The predicted octanol–water partition coefficient (Wildman–Crippen LogP) is 2.14. The highest BCUT2D eigenvalue weighted by atomic mass is 16.5. The number of furan rings is 1. The number of nitrogens with one attached hydrogen (secondary N) is 1. The summed E-state index contributed by atoms with van der Waals surface area (Å²) in [4.78, 5) is 29.6. The van der Waals surface area contributed by atoms with E-state index in [4.69, 9.17) is 9.15 Å². The van der Waals surface area contributed by atoms with Crippen molar-refractivity contribution in [2.75, 3.05) is 33.3 Å². The summed E-state index contributed by atoms with van der Waals surface area (Å²) in [6.07, 6.45) is 0.725. The van der Waals surface area contributed by atoms with Gasteiger partial charge in [-0.2, -0.15) is 0 Å². The van der Waals surface area contributed by atoms with E-state index in [-0.39, 0.29) is 11.3 Å². The van der Waals surface area contributed by atoms with Crippen LogP contribution in [0.25, 0.3) is 11.0 Å². The molecular weight excluding hydrogens is 432 g/mol. The minimum absolute atomic E-state index is 0.0553. The maximum atomic E-state index is 13.6. The number of benzene rings is 2. The van der Waals surface area contributed by atoms with Crippen molar-refractivity contribution in [2.24, 2.45) is 0 Å². The van der Waals surface area contributed by atoms with E-state index in [2.05, 4.69) is 13.8 Å². The molecule has 3 aromatic rings. The summed E-state index contributed by atoms with van der Waals surface area (Å²) >= 11 is 0. The van der Waals surface area contributed by atoms with E-state index in [0.29, 0.717) is 23.4 Å². The normalized spacial score (nSPS) is 16.2. The number of para-hydroxylation sites is 1. The van der Waals surface area contributed by atoms with Crippen LogP contribution in [0.3, 0.4) is 0 Å². The Morgan fingerprint density at radius 3 is 2.59 bits per heavy atom. The van der Waals surface area contributed by atoms with Crippen molar-refractivity contribution in [3.63, 3.8) is 0 Å². The van der Waals surface area contributed by atoms with Gasteiger partial charge in [0.1, 0.15) is 11.3 Å². The van der Waals surface area contributed by atoms with Gasteiger partial charge in [0.2, 0.25) is 11.7 Å². The third-order valence-corrected chi connectivity index (χ3v) is 6.52. The summed E-state index contributed by atoms with van der Waals surface area (Å²) in [5, 5.41) is 13.9. The molecule has 0 fully saturated rings. The molecule has 7 nitrogen and oxygen atoms in total. The molecule has 0 saturated carbocycles. The number of amides is 1. The highest BCUT2D eigenvalue weighted by molar-refractivity contribution is 6.15. The number of carbonyl (C=O) groups is 2. The maximum absolute atomic E-state index is 13.6. The Bertz CT molecular complexity index is 1190. The van der Waals surface area contributed by atoms with Crippen LogP contribution in [0.1, 0.15) is 42.4 Å². The zero-order valence-electron chi connectivity index (χ0n) is 19.8. The van der Waals surface area contributed by atoms with Gasteiger partial charge in [-0.25, -0.2) is 0 Å². The number of rotatable bonds is 10. The number of Topliss-reactive ketones (excluding diaryl/α,β-unsaturated/α-hetero) is 1. The largest absolute Gasteiger partial charge is 0.868 e. The van der Waals surface area contributed by atoms with Gasteiger partial charge in [-0.05, 0) is 49.4 Å². The molecular formula is C27H30N2O5. The first-order chi connectivity index (χ1) is 16.5. The second-order valence-electron chi connectivity index (χ2n) is 8.46. The van der Waals surface area contributed by atoms with Crippen molar-refractivity contribution in [1.82, 2.24) is 4.90 Å². The zero-order chi connectivity index (χ0) is 24.2. The Labute approximate surface area is 199 Å². The number of nitrogens with zero attached hydrogens (tertiary/aromatic N) is 1. The Balaban J connectivity index is 1.71. The average Bonchev–Trinajstić information content (AvgIpc) is 3.41. The van der Waals surface area contributed by atoms with Crippen LogP contribution in [0, 0.1) is 0 Å². The molecule has 0 aliphatic carbocycles. The van der Waals surface area contributed by atoms with Crippen LogP contribution in [-0.2, 0) is 4.79 Å². The van der Waals surface area contributed by atoms with Gasteiger partial charge in [-0.15, -0.1) is 0 Å². The molecule has 1 aliphatic heterocycles. The van der Waals surface area contributed by atoms with Crippen LogP contribution in [-0.4, -0.2) is 49.9 Å². The van der Waals surface area contributed by atoms with Crippen LogP contribution in [0.15, 0.2) is 70.3 Å². The SMILES string of the molecule is CC[NH+](CC)CCCN1C(=O)C([O-])=C(C(=O)c2cc3ccccc3o2)C1c1cccc(OC)c1. The lowest BCUT2D eigenvalue weighted by Gasteiger charge is -2.28. The fourth-order valence-electron chi connectivity index (χ4n) is 4.59. The summed E-state index contributed by atoms with van der Waals surface area (Å²) in [6.45, 7) is 7.49. The average molecular weight is 463 g/mol. The molecule has 4 rings (SSSR count). The first kappa shape index (κ1) is 23.6. The van der Waals surface area contributed by atoms with Gasteiger partial charge in [-0.1, -0.05) is 30.3 Å². The molecule has 178 valence electrons. The van der Waals surface area contributed by atoms with Gasteiger partial charge < -0.3 is 24.1 Å². The minimum atomic E-state index is -0.789. The van der Waals surface area contributed by atoms with Gasteiger partial charge in [0.15, 0.2) is 5.76 Å². The number of hydrogen-bond donors (Lipinski definition) is 1. The number of methoxy groups -OCH3 is 1. The van der Waals surface area contributed by atoms with Crippen molar-refractivity contribution in [3.8, 4) is 5.75 Å². The highest BCUT2D eigenvalue weighted by Gasteiger charge is 2.40. The molecule has 1 aliphatic rings. The number of hydrogen-bond acceptors (Lipinski definition) is 5. The highest BCUT2D eigenvalue weighted by Crippen LogP contribution is 2.39. The molecule has 0 saturated heterocycles. The van der Waals surface area contributed by atoms with Gasteiger partial charge in [0.05, 0.1) is 32.8 Å². The Hall–Kier alpha value is -3.58. The summed E-state index contributed by atoms with van der Waals surface area (Å²) in [5.41, 5.74) is 1.14. The third kappa shape index (κ3) is 4.43. The summed E-state index contributed by atoms with van der Waals surface area (Å²) in [7, 11) is 1.55. The van der Waals surface area contributed by atoms with Gasteiger partial charge in [-0.3, -0.25) is 9.59 Å². The number of ketones is 1. The topological polar surface area (TPSA) is 87.2 Å². The molecule has 0 bridgehead atoms. The van der Waals surface area contributed by atoms with Crippen LogP contribution in [0.4, 0.5) is 0 Å². The third-order valence-electron chi connectivity index (χ3n) is 6.52. The van der Waals surface area contributed by atoms with E-state index in [9.17, 15) is 14.7 Å². The first-order valence-electron chi connectivity index (χ1n) is 11.7. The quantitative estimate of drug-likeness (QED) is 0.467. The smallest absolute Gasteiger partial charge is 0.239 e. The summed E-state index contributed by atoms with van der Waals surface area (Å²) in [5.74, 6) is -1.33. The number of quaternary nitrogens is 1. The van der Waals surface area contributed by atoms with Crippen molar-refractivity contribution >= 4 is 22.7 Å². The number of ether oxygens (including phenoxy) is 1. The van der Waals surface area contributed by atoms with Crippen molar-refractivity contribution in [3.05, 3.63) is 77.3 Å². The van der Waals surface area contributed by atoms with Crippen molar-refractivity contribution < 1.29 is 28.7 Å². The van der Waals surface area contributed by atoms with Crippen LogP contribution >= 0.6 is 0 Å². The van der Waals surface area contributed by atoms with Gasteiger partial charge >= 0.3 is 0 Å². The van der Waals surface area contributed by atoms with E-state index >= 15 is 0 Å². The molecule has 0 spiro atoms. The molecule has 2 aromatic carbocycles. The molecule has 1 amide bonds. The Kier molecular flexibility index (Phi) is 7.03. The summed E-state index contributed by atoms with van der Waals surface area (Å²) < 4.78 is 11.1. The molecule has 1 atom stereocenters. The van der Waals surface area contributed by atoms with Gasteiger partial charge in [0.25, 0.3) is 0 Å². The van der Waals surface area contributed by atoms with Crippen molar-refractivity contribution in [1.29, 1.82) is 0 Å². The first-order valence-corrected chi connectivity index (χ1v) is 11.7. The van der Waals surface area contributed by atoms with Crippen molar-refractivity contribution in [2.45, 2.75) is 26.3 Å². The van der Waals surface area contributed by atoms with E-state index in [1.807, 2.05) is 24.3 Å². The van der Waals surface area contributed by atoms with E-state index in [1.54, 1.807) is 37.4 Å². The lowest BCUT2D eigenvalue weighted by atomic mass is 9.94. The molecule has 34 heavy (non-hydrogen) atoms. The lowest BCUT2D eigenvalue weighted by Crippen LogP contribution is -3.11. The van der Waals surface area contributed by atoms with E-state index in [1.165, 1.54) is 9.80 Å². The second kappa shape index (κ2) is 10.1. The fraction of sp³-hybridized carbons (Fsp3) is 0.333. The molecule has 1 N–H and O–H groups in total. The molecule has 7 heteroatoms. The standard InChI is InChI=1S/C27H30N2O5/c1-4-28(5-2)14-9-15-29-24(19-11-8-12-20(16-19)33-3)23(26(31)27(29)32)25(30)22-17-18-10-6-7-13-21(18)34-22/h6-8,10-13,16-17,24,31H,4-5,9,14-15H2,1-3H3. The van der Waals surface area contributed by atoms with Crippen LogP contribution < -0.4 is 14.7 Å². The monoisotopic (exact) mass is 462 g/mol. The molecule has 2 heterocycles. The van der Waals surface area contributed by atoms with Crippen LogP contribution in [0.2, 0.25) is 0 Å². The Morgan fingerprint density at radius 2 is 1.88 bits per heavy atom. The number of carbonyl (C=O) groups excluding carboxylic acids is 2. The maximum Gasteiger partial charge on any atom is 0.239 e. The lowest BCUT2D eigenvalue weighted by molar-refractivity contribution is -0.896. The molecule has 1 unspecified atom stereocenters. The second-order valence-corrected chi connectivity index (χ2v) is 8.46. The zero-order valence-corrected chi connectivity index (χ0v) is 19.8.